The van der Waals surface area contributed by atoms with Crippen LogP contribution in [0, 0.1) is 13.8 Å². The number of rotatable bonds is 1. The second-order valence-electron chi connectivity index (χ2n) is 2.83. The van der Waals surface area contributed by atoms with Crippen LogP contribution < -0.4 is 5.73 Å². The maximum atomic E-state index is 9.33. The first-order chi connectivity index (χ1) is 5.57. The number of aromatic hydroxyl groups is 1. The maximum Gasteiger partial charge on any atom is 0.134 e. The Labute approximate surface area is 77.0 Å². The van der Waals surface area contributed by atoms with E-state index in [-0.39, 0.29) is 5.75 Å². The van der Waals surface area contributed by atoms with Crippen molar-refractivity contribution in [2.75, 3.05) is 0 Å². The summed E-state index contributed by atoms with van der Waals surface area (Å²) in [5, 5.41) is 9.73. The number of phenols is 1. The molecule has 12 heavy (non-hydrogen) atoms. The van der Waals surface area contributed by atoms with E-state index in [2.05, 4.69) is 0 Å². The van der Waals surface area contributed by atoms with Gasteiger partial charge in [-0.25, -0.2) is 0 Å². The van der Waals surface area contributed by atoms with Gasteiger partial charge >= 0.3 is 0 Å². The molecular weight excluding hydrogens is 174 g/mol. The predicted molar refractivity (Wildman–Crippen MR) is 50.5 cm³/mol. The fourth-order valence-corrected chi connectivity index (χ4v) is 1.46. The van der Waals surface area contributed by atoms with Crippen molar-refractivity contribution in [1.82, 2.24) is 0 Å². The molecule has 0 saturated carbocycles. The molecule has 2 nitrogen and oxygen atoms in total. The second kappa shape index (κ2) is 3.33. The zero-order chi connectivity index (χ0) is 9.30. The number of hydrogen-bond donors (Lipinski definition) is 2. The maximum absolute atomic E-state index is 9.33. The van der Waals surface area contributed by atoms with E-state index in [4.69, 9.17) is 17.3 Å². The molecule has 3 heteroatoms. The lowest BCUT2D eigenvalue weighted by molar-refractivity contribution is 0.474. The van der Waals surface area contributed by atoms with Gasteiger partial charge in [0.1, 0.15) is 5.75 Å². The van der Waals surface area contributed by atoms with E-state index >= 15 is 0 Å². The summed E-state index contributed by atoms with van der Waals surface area (Å²) < 4.78 is 0. The van der Waals surface area contributed by atoms with E-state index in [1.807, 2.05) is 13.8 Å². The fourth-order valence-electron chi connectivity index (χ4n) is 1.29. The zero-order valence-corrected chi connectivity index (χ0v) is 7.94. The van der Waals surface area contributed by atoms with Crippen LogP contribution in [0.4, 0.5) is 0 Å². The highest BCUT2D eigenvalue weighted by Crippen LogP contribution is 2.31. The Morgan fingerprint density at radius 2 is 2.08 bits per heavy atom. The molecular formula is C9H12ClNO. The van der Waals surface area contributed by atoms with E-state index < -0.39 is 0 Å². The van der Waals surface area contributed by atoms with Crippen molar-refractivity contribution in [3.8, 4) is 5.75 Å². The molecule has 0 fully saturated rings. The second-order valence-corrected chi connectivity index (χ2v) is 3.21. The van der Waals surface area contributed by atoms with Crippen LogP contribution in [-0.2, 0) is 6.54 Å². The monoisotopic (exact) mass is 185 g/mol. The van der Waals surface area contributed by atoms with Gasteiger partial charge in [0.2, 0.25) is 0 Å². The first-order valence-electron chi connectivity index (χ1n) is 3.75. The van der Waals surface area contributed by atoms with Gasteiger partial charge in [-0.2, -0.15) is 0 Å². The number of benzene rings is 1. The number of phenolic OH excluding ortho intramolecular Hbond substituents is 1. The summed E-state index contributed by atoms with van der Waals surface area (Å²) in [5.74, 6) is 0.129. The summed E-state index contributed by atoms with van der Waals surface area (Å²) in [6.45, 7) is 4.22. The molecule has 0 saturated heterocycles. The third-order valence-corrected chi connectivity index (χ3v) is 2.52. The smallest absolute Gasteiger partial charge is 0.134 e. The summed E-state index contributed by atoms with van der Waals surface area (Å²) in [6, 6.07) is 1.64. The van der Waals surface area contributed by atoms with Gasteiger partial charge in [-0.15, -0.1) is 0 Å². The average Bonchev–Trinajstić information content (AvgIpc) is 2.01. The van der Waals surface area contributed by atoms with Crippen LogP contribution in [0.25, 0.3) is 0 Å². The largest absolute Gasteiger partial charge is 0.506 e. The third-order valence-electron chi connectivity index (χ3n) is 2.04. The Morgan fingerprint density at radius 3 is 2.58 bits per heavy atom. The Morgan fingerprint density at radius 1 is 1.50 bits per heavy atom. The highest BCUT2D eigenvalue weighted by atomic mass is 35.5. The molecule has 0 radical (unpaired) electrons. The van der Waals surface area contributed by atoms with Gasteiger partial charge in [-0.1, -0.05) is 11.6 Å². The molecule has 0 bridgehead atoms. The highest BCUT2D eigenvalue weighted by molar-refractivity contribution is 6.32. The third kappa shape index (κ3) is 1.40. The van der Waals surface area contributed by atoms with Crippen molar-refractivity contribution in [2.45, 2.75) is 20.4 Å². The van der Waals surface area contributed by atoms with Crippen LogP contribution in [0.5, 0.6) is 5.75 Å². The van der Waals surface area contributed by atoms with Gasteiger partial charge in [0.05, 0.1) is 5.02 Å². The summed E-state index contributed by atoms with van der Waals surface area (Å²) in [5.41, 5.74) is 8.40. The summed E-state index contributed by atoms with van der Waals surface area (Å²) in [6.07, 6.45) is 0. The lowest BCUT2D eigenvalue weighted by atomic mass is 10.0. The molecule has 0 heterocycles. The molecule has 66 valence electrons. The zero-order valence-electron chi connectivity index (χ0n) is 7.19. The Bertz CT molecular complexity index is 310. The minimum atomic E-state index is 0.129. The molecule has 3 N–H and O–H groups in total. The molecule has 0 atom stereocenters. The molecule has 0 aromatic heterocycles. The highest BCUT2D eigenvalue weighted by Gasteiger charge is 2.08. The summed E-state index contributed by atoms with van der Waals surface area (Å²) in [4.78, 5) is 0. The van der Waals surface area contributed by atoms with Crippen LogP contribution in [0.15, 0.2) is 6.07 Å². The van der Waals surface area contributed by atoms with Gasteiger partial charge in [0.15, 0.2) is 0 Å². The number of hydrogen-bond acceptors (Lipinski definition) is 2. The van der Waals surface area contributed by atoms with Gasteiger partial charge < -0.3 is 10.8 Å². The lowest BCUT2D eigenvalue weighted by Crippen LogP contribution is -2.02. The van der Waals surface area contributed by atoms with Crippen LogP contribution in [0.2, 0.25) is 5.02 Å². The van der Waals surface area contributed by atoms with E-state index in [9.17, 15) is 5.11 Å². The Hall–Kier alpha value is -0.730. The molecule has 1 aromatic carbocycles. The van der Waals surface area contributed by atoms with Crippen LogP contribution in [0.3, 0.4) is 0 Å². The molecule has 0 aliphatic carbocycles. The minimum Gasteiger partial charge on any atom is -0.506 e. The van der Waals surface area contributed by atoms with Crippen molar-refractivity contribution in [3.63, 3.8) is 0 Å². The van der Waals surface area contributed by atoms with Crippen LogP contribution >= 0.6 is 11.6 Å². The fraction of sp³-hybridized carbons (Fsp3) is 0.333. The van der Waals surface area contributed by atoms with Gasteiger partial charge in [-0.3, -0.25) is 0 Å². The number of halogens is 1. The van der Waals surface area contributed by atoms with E-state index in [0.29, 0.717) is 11.6 Å². The molecule has 0 aliphatic heterocycles. The molecule has 0 spiro atoms. The average molecular weight is 186 g/mol. The topological polar surface area (TPSA) is 46.2 Å². The Kier molecular flexibility index (Phi) is 2.60. The van der Waals surface area contributed by atoms with Crippen molar-refractivity contribution < 1.29 is 5.11 Å². The standard InChI is InChI=1S/C9H12ClNO/c1-5-3-8(12)9(10)6(2)7(5)4-11/h3,12H,4,11H2,1-2H3. The van der Waals surface area contributed by atoms with Gasteiger partial charge in [0, 0.05) is 6.54 Å². The van der Waals surface area contributed by atoms with Crippen molar-refractivity contribution >= 4 is 11.6 Å². The van der Waals surface area contributed by atoms with Crippen LogP contribution in [-0.4, -0.2) is 5.11 Å². The van der Waals surface area contributed by atoms with Gasteiger partial charge in [0.25, 0.3) is 0 Å². The molecule has 0 amide bonds. The van der Waals surface area contributed by atoms with E-state index in [1.165, 1.54) is 0 Å². The molecule has 0 unspecified atom stereocenters. The molecule has 1 aromatic rings. The quantitative estimate of drug-likeness (QED) is 0.704. The SMILES string of the molecule is Cc1cc(O)c(Cl)c(C)c1CN. The first-order valence-corrected chi connectivity index (χ1v) is 4.13. The van der Waals surface area contributed by atoms with Crippen molar-refractivity contribution in [2.24, 2.45) is 5.73 Å². The Balaban J connectivity index is 3.40. The normalized spacial score (nSPS) is 10.3. The lowest BCUT2D eigenvalue weighted by Gasteiger charge is -2.10. The van der Waals surface area contributed by atoms with E-state index in [0.717, 1.165) is 16.7 Å². The van der Waals surface area contributed by atoms with Crippen LogP contribution in [0.1, 0.15) is 16.7 Å². The molecule has 0 aliphatic rings. The molecule has 1 rings (SSSR count). The summed E-state index contributed by atoms with van der Waals surface area (Å²) >= 11 is 5.83. The first kappa shape index (κ1) is 9.36. The summed E-state index contributed by atoms with van der Waals surface area (Å²) in [7, 11) is 0. The predicted octanol–water partition coefficient (Wildman–Crippen LogP) is 2.12. The van der Waals surface area contributed by atoms with Crippen molar-refractivity contribution in [3.05, 3.63) is 27.8 Å². The number of nitrogens with two attached hydrogens (primary N) is 1. The van der Waals surface area contributed by atoms with Crippen molar-refractivity contribution in [1.29, 1.82) is 0 Å². The van der Waals surface area contributed by atoms with E-state index in [1.54, 1.807) is 6.07 Å². The van der Waals surface area contributed by atoms with Gasteiger partial charge in [-0.05, 0) is 36.6 Å². The number of aryl methyl sites for hydroxylation is 1. The minimum absolute atomic E-state index is 0.129.